The summed E-state index contributed by atoms with van der Waals surface area (Å²) in [6.45, 7) is 0.385. The number of anilines is 1. The average Bonchev–Trinajstić information content (AvgIpc) is 3.27. The molecule has 2 amide bonds. The smallest absolute Gasteiger partial charge is 0.406 e. The van der Waals surface area contributed by atoms with Gasteiger partial charge in [-0.05, 0) is 54.6 Å². The maximum Gasteiger partial charge on any atom is 0.573 e. The molecular formula is C19H17ClF3N3O4S. The molecule has 2 aliphatic heterocycles. The van der Waals surface area contributed by atoms with Crippen LogP contribution in [0.2, 0.25) is 0 Å². The summed E-state index contributed by atoms with van der Waals surface area (Å²) in [6, 6.07) is 11.6. The summed E-state index contributed by atoms with van der Waals surface area (Å²) >= 11 is 6.18. The fourth-order valence-electron chi connectivity index (χ4n) is 3.82. The number of rotatable bonds is 5. The highest BCUT2D eigenvalue weighted by atomic mass is 35.5. The van der Waals surface area contributed by atoms with E-state index < -0.39 is 22.4 Å². The standard InChI is InChI=1S/C19H17ClF3N3O4S/c20-26(31(28,29)17-4-2-1-3-5-17)15-10-14-11-24(18(27)25(14)12-15)13-6-8-16(9-7-13)30-19(21,22)23/h1-9,14-15H,10-12H2/t14-,15+/m0/s1. The third-order valence-corrected chi connectivity index (χ3v) is 7.65. The summed E-state index contributed by atoms with van der Waals surface area (Å²) in [4.78, 5) is 15.8. The quantitative estimate of drug-likeness (QED) is 0.617. The van der Waals surface area contributed by atoms with E-state index in [1.165, 1.54) is 34.1 Å². The van der Waals surface area contributed by atoms with Crippen molar-refractivity contribution in [2.24, 2.45) is 0 Å². The predicted molar refractivity (Wildman–Crippen MR) is 106 cm³/mol. The van der Waals surface area contributed by atoms with Gasteiger partial charge in [-0.1, -0.05) is 18.2 Å². The van der Waals surface area contributed by atoms with Gasteiger partial charge in [-0.15, -0.1) is 17.0 Å². The molecule has 0 N–H and O–H groups in total. The molecule has 0 bridgehead atoms. The lowest BCUT2D eigenvalue weighted by atomic mass is 10.2. The van der Waals surface area contributed by atoms with Crippen molar-refractivity contribution in [1.29, 1.82) is 0 Å². The number of urea groups is 1. The van der Waals surface area contributed by atoms with Gasteiger partial charge in [-0.2, -0.15) is 0 Å². The zero-order valence-corrected chi connectivity index (χ0v) is 17.4. The Hall–Kier alpha value is -2.50. The van der Waals surface area contributed by atoms with Crippen molar-refractivity contribution in [3.8, 4) is 5.75 Å². The van der Waals surface area contributed by atoms with E-state index in [2.05, 4.69) is 4.74 Å². The molecule has 7 nitrogen and oxygen atoms in total. The van der Waals surface area contributed by atoms with E-state index in [1.54, 1.807) is 18.2 Å². The first-order valence-electron chi connectivity index (χ1n) is 9.25. The summed E-state index contributed by atoms with van der Waals surface area (Å²) in [7, 11) is -3.91. The van der Waals surface area contributed by atoms with Crippen LogP contribution in [0.5, 0.6) is 5.75 Å². The molecule has 0 radical (unpaired) electrons. The van der Waals surface area contributed by atoms with E-state index >= 15 is 0 Å². The molecule has 12 heteroatoms. The Bertz CT molecular complexity index is 1070. The van der Waals surface area contributed by atoms with Crippen LogP contribution < -0.4 is 9.64 Å². The van der Waals surface area contributed by atoms with Crippen LogP contribution in [0.25, 0.3) is 0 Å². The number of halogens is 4. The molecule has 2 atom stereocenters. The molecule has 0 spiro atoms. The summed E-state index contributed by atoms with van der Waals surface area (Å²) in [5.41, 5.74) is 0.421. The predicted octanol–water partition coefficient (Wildman–Crippen LogP) is 3.81. The van der Waals surface area contributed by atoms with E-state index in [0.717, 1.165) is 16.0 Å². The monoisotopic (exact) mass is 475 g/mol. The van der Waals surface area contributed by atoms with Gasteiger partial charge >= 0.3 is 12.4 Å². The number of ether oxygens (including phenoxy) is 1. The van der Waals surface area contributed by atoms with Crippen LogP contribution in [0.1, 0.15) is 6.42 Å². The van der Waals surface area contributed by atoms with Crippen molar-refractivity contribution < 1.29 is 31.1 Å². The Labute approximate surface area is 181 Å². The SMILES string of the molecule is O=C1N(c2ccc(OC(F)(F)F)cc2)C[C@@H]2C[C@@H](N(Cl)S(=O)(=O)c3ccccc3)CN12. The molecule has 2 aromatic carbocycles. The lowest BCUT2D eigenvalue weighted by molar-refractivity contribution is -0.274. The number of carbonyl (C=O) groups excluding carboxylic acids is 1. The topological polar surface area (TPSA) is 70.2 Å². The van der Waals surface area contributed by atoms with Gasteiger partial charge in [0.25, 0.3) is 10.0 Å². The minimum absolute atomic E-state index is 0.0613. The van der Waals surface area contributed by atoms with Gasteiger partial charge < -0.3 is 9.64 Å². The molecular weight excluding hydrogens is 459 g/mol. The molecule has 2 fully saturated rings. The number of benzene rings is 2. The minimum atomic E-state index is -4.80. The molecule has 2 aromatic rings. The maximum atomic E-state index is 12.8. The number of fused-ring (bicyclic) bond motifs is 1. The Morgan fingerprint density at radius 1 is 1.03 bits per heavy atom. The normalized spacial score (nSPS) is 21.6. The third kappa shape index (κ3) is 4.30. The number of carbonyl (C=O) groups is 1. The average molecular weight is 476 g/mol. The van der Waals surface area contributed by atoms with Crippen molar-refractivity contribution in [3.63, 3.8) is 0 Å². The lowest BCUT2D eigenvalue weighted by Gasteiger charge is -2.23. The molecule has 2 saturated heterocycles. The van der Waals surface area contributed by atoms with Gasteiger partial charge in [-0.25, -0.2) is 13.2 Å². The van der Waals surface area contributed by atoms with Crippen LogP contribution in [-0.2, 0) is 10.0 Å². The fourth-order valence-corrected chi connectivity index (χ4v) is 5.45. The van der Waals surface area contributed by atoms with E-state index in [1.807, 2.05) is 0 Å². The third-order valence-electron chi connectivity index (χ3n) is 5.20. The first kappa shape index (κ1) is 21.7. The van der Waals surface area contributed by atoms with Crippen LogP contribution in [0, 0.1) is 0 Å². The van der Waals surface area contributed by atoms with Gasteiger partial charge in [0.05, 0.1) is 17.0 Å². The van der Waals surface area contributed by atoms with Gasteiger partial charge in [0, 0.05) is 18.8 Å². The van der Waals surface area contributed by atoms with E-state index in [9.17, 15) is 26.4 Å². The highest BCUT2D eigenvalue weighted by molar-refractivity contribution is 7.90. The molecule has 166 valence electrons. The second kappa shape index (κ2) is 7.88. The second-order valence-corrected chi connectivity index (χ2v) is 9.57. The van der Waals surface area contributed by atoms with Crippen molar-refractivity contribution in [2.75, 3.05) is 18.0 Å². The number of sulfonamides is 1. The highest BCUT2D eigenvalue weighted by Gasteiger charge is 2.48. The zero-order chi connectivity index (χ0) is 22.4. The molecule has 0 saturated carbocycles. The van der Waals surface area contributed by atoms with Crippen molar-refractivity contribution in [1.82, 2.24) is 8.72 Å². The van der Waals surface area contributed by atoms with Crippen LogP contribution in [-0.4, -0.2) is 54.7 Å². The molecule has 0 unspecified atom stereocenters. The van der Waals surface area contributed by atoms with Gasteiger partial charge in [-0.3, -0.25) is 4.90 Å². The Balaban J connectivity index is 1.44. The molecule has 2 aliphatic rings. The van der Waals surface area contributed by atoms with Crippen molar-refractivity contribution in [3.05, 3.63) is 54.6 Å². The van der Waals surface area contributed by atoms with Gasteiger partial charge in [0.2, 0.25) is 0 Å². The number of hydrogen-bond acceptors (Lipinski definition) is 4. The highest BCUT2D eigenvalue weighted by Crippen LogP contribution is 2.35. The van der Waals surface area contributed by atoms with Gasteiger partial charge in [0.1, 0.15) is 5.75 Å². The zero-order valence-electron chi connectivity index (χ0n) is 15.9. The largest absolute Gasteiger partial charge is 0.573 e. The summed E-state index contributed by atoms with van der Waals surface area (Å²) in [6.07, 6.45) is -4.46. The number of nitrogens with zero attached hydrogens (tertiary/aromatic N) is 3. The van der Waals surface area contributed by atoms with E-state index in [-0.39, 0.29) is 35.8 Å². The van der Waals surface area contributed by atoms with E-state index in [0.29, 0.717) is 12.1 Å². The summed E-state index contributed by atoms with van der Waals surface area (Å²) in [5.74, 6) is -0.382. The van der Waals surface area contributed by atoms with Crippen molar-refractivity contribution >= 4 is 33.5 Å². The molecule has 4 rings (SSSR count). The molecule has 2 heterocycles. The van der Waals surface area contributed by atoms with Crippen LogP contribution in [0.4, 0.5) is 23.7 Å². The molecule has 0 aromatic heterocycles. The van der Waals surface area contributed by atoms with E-state index in [4.69, 9.17) is 11.8 Å². The molecule has 31 heavy (non-hydrogen) atoms. The molecule has 0 aliphatic carbocycles. The van der Waals surface area contributed by atoms with Crippen LogP contribution in [0.15, 0.2) is 59.5 Å². The number of amides is 2. The number of alkyl halides is 3. The lowest BCUT2D eigenvalue weighted by Crippen LogP contribution is -2.39. The first-order chi connectivity index (χ1) is 14.6. The van der Waals surface area contributed by atoms with Crippen LogP contribution >= 0.6 is 11.8 Å². The van der Waals surface area contributed by atoms with Gasteiger partial charge in [0.15, 0.2) is 0 Å². The summed E-state index contributed by atoms with van der Waals surface area (Å²) in [5, 5.41) is 0. The Morgan fingerprint density at radius 2 is 1.68 bits per heavy atom. The Morgan fingerprint density at radius 3 is 2.26 bits per heavy atom. The second-order valence-electron chi connectivity index (χ2n) is 7.19. The minimum Gasteiger partial charge on any atom is -0.406 e. The van der Waals surface area contributed by atoms with Crippen molar-refractivity contribution in [2.45, 2.75) is 29.8 Å². The maximum absolute atomic E-state index is 12.8. The fraction of sp³-hybridized carbons (Fsp3) is 0.316. The first-order valence-corrected chi connectivity index (χ1v) is 11.0. The number of hydrogen-bond donors (Lipinski definition) is 0. The van der Waals surface area contributed by atoms with Crippen LogP contribution in [0.3, 0.4) is 0 Å². The summed E-state index contributed by atoms with van der Waals surface area (Å²) < 4.78 is 67.0. The Kier molecular flexibility index (Phi) is 5.52.